The Morgan fingerprint density at radius 2 is 1.70 bits per heavy atom. The molecule has 0 aliphatic carbocycles. The molecule has 1 aliphatic heterocycles. The number of imide groups is 2. The highest BCUT2D eigenvalue weighted by Crippen LogP contribution is 2.38. The maximum atomic E-state index is 13.5. The van der Waals surface area contributed by atoms with Gasteiger partial charge in [-0.15, -0.1) is 0 Å². The van der Waals surface area contributed by atoms with E-state index in [1.54, 1.807) is 61.5 Å². The number of nitrogens with zero attached hydrogens (tertiary/aromatic N) is 1. The van der Waals surface area contributed by atoms with Crippen molar-refractivity contribution in [1.82, 2.24) is 5.32 Å². The number of rotatable bonds is 11. The van der Waals surface area contributed by atoms with Crippen molar-refractivity contribution in [3.05, 3.63) is 117 Å². The Hall–Kier alpha value is -5.13. The predicted molar refractivity (Wildman–Crippen MR) is 182 cm³/mol. The van der Waals surface area contributed by atoms with Gasteiger partial charge in [-0.3, -0.25) is 19.7 Å². The third-order valence-electron chi connectivity index (χ3n) is 6.89. The van der Waals surface area contributed by atoms with Crippen molar-refractivity contribution < 1.29 is 33.4 Å². The number of barbiturate groups is 1. The highest BCUT2D eigenvalue weighted by molar-refractivity contribution is 9.10. The van der Waals surface area contributed by atoms with Crippen LogP contribution in [0, 0.1) is 6.92 Å². The van der Waals surface area contributed by atoms with E-state index in [1.807, 2.05) is 37.3 Å². The van der Waals surface area contributed by atoms with Crippen LogP contribution < -0.4 is 29.7 Å². The van der Waals surface area contributed by atoms with E-state index in [2.05, 4.69) is 26.6 Å². The van der Waals surface area contributed by atoms with Gasteiger partial charge in [-0.05, 0) is 101 Å². The summed E-state index contributed by atoms with van der Waals surface area (Å²) in [5.41, 5.74) is 2.78. The first-order valence-corrected chi connectivity index (χ1v) is 15.6. The zero-order chi connectivity index (χ0) is 33.5. The molecule has 0 radical (unpaired) electrons. The van der Waals surface area contributed by atoms with E-state index in [-0.39, 0.29) is 36.0 Å². The first kappa shape index (κ1) is 33.2. The lowest BCUT2D eigenvalue weighted by molar-refractivity contribution is -0.122. The molecule has 1 saturated heterocycles. The second-order valence-electron chi connectivity index (χ2n) is 10.3. The second-order valence-corrected chi connectivity index (χ2v) is 11.6. The summed E-state index contributed by atoms with van der Waals surface area (Å²) >= 11 is 9.59. The second kappa shape index (κ2) is 15.0. The van der Waals surface area contributed by atoms with E-state index in [1.165, 1.54) is 6.08 Å². The molecule has 0 aromatic heterocycles. The molecule has 1 heterocycles. The smallest absolute Gasteiger partial charge is 0.335 e. The van der Waals surface area contributed by atoms with Gasteiger partial charge in [-0.1, -0.05) is 48.0 Å². The number of carbonyl (C=O) groups excluding carboxylic acids is 4. The van der Waals surface area contributed by atoms with E-state index in [0.29, 0.717) is 33.1 Å². The molecule has 10 nitrogen and oxygen atoms in total. The van der Waals surface area contributed by atoms with Crippen molar-refractivity contribution in [2.75, 3.05) is 23.4 Å². The number of ether oxygens (including phenoxy) is 3. The first-order valence-electron chi connectivity index (χ1n) is 14.5. The number of hydrogen-bond acceptors (Lipinski definition) is 7. The molecule has 4 aromatic carbocycles. The Labute approximate surface area is 284 Å². The highest BCUT2D eigenvalue weighted by atomic mass is 79.9. The average Bonchev–Trinajstić information content (AvgIpc) is 3.04. The van der Waals surface area contributed by atoms with Crippen molar-refractivity contribution in [2.24, 2.45) is 0 Å². The largest absolute Gasteiger partial charge is 0.490 e. The van der Waals surface area contributed by atoms with Crippen LogP contribution in [0.2, 0.25) is 5.02 Å². The number of hydrogen-bond donors (Lipinski definition) is 2. The van der Waals surface area contributed by atoms with Gasteiger partial charge in [0.25, 0.3) is 17.7 Å². The van der Waals surface area contributed by atoms with Crippen molar-refractivity contribution in [3.63, 3.8) is 0 Å². The SMILES string of the molecule is CCOc1cc(/C=C2/C(=O)NC(=O)N(c3ccc(OCc4ccccc4)cc3)C2=O)cc(Br)c1OCC(=O)Nc1ccc(C)c(Cl)c1. The van der Waals surface area contributed by atoms with Crippen LogP contribution in [-0.4, -0.2) is 37.0 Å². The number of amides is 5. The zero-order valence-electron chi connectivity index (χ0n) is 25.3. The molecule has 12 heteroatoms. The fourth-order valence-electron chi connectivity index (χ4n) is 4.57. The van der Waals surface area contributed by atoms with Crippen molar-refractivity contribution in [3.8, 4) is 17.2 Å². The zero-order valence-corrected chi connectivity index (χ0v) is 27.7. The van der Waals surface area contributed by atoms with Gasteiger partial charge >= 0.3 is 6.03 Å². The van der Waals surface area contributed by atoms with Crippen LogP contribution in [0.3, 0.4) is 0 Å². The molecule has 1 fully saturated rings. The maximum Gasteiger partial charge on any atom is 0.335 e. The van der Waals surface area contributed by atoms with Gasteiger partial charge in [0.1, 0.15) is 17.9 Å². The number of halogens is 2. The van der Waals surface area contributed by atoms with Crippen LogP contribution in [-0.2, 0) is 21.0 Å². The van der Waals surface area contributed by atoms with Gasteiger partial charge in [0.2, 0.25) is 0 Å². The minimum atomic E-state index is -0.874. The minimum absolute atomic E-state index is 0.247. The van der Waals surface area contributed by atoms with Crippen molar-refractivity contribution >= 4 is 68.7 Å². The molecule has 2 N–H and O–H groups in total. The third kappa shape index (κ3) is 8.18. The molecule has 0 saturated carbocycles. The molecule has 240 valence electrons. The summed E-state index contributed by atoms with van der Waals surface area (Å²) in [5.74, 6) is -1.02. The Kier molecular flexibility index (Phi) is 10.6. The Bertz CT molecular complexity index is 1860. The van der Waals surface area contributed by atoms with E-state index >= 15 is 0 Å². The lowest BCUT2D eigenvalue weighted by Crippen LogP contribution is -2.54. The molecule has 0 spiro atoms. The van der Waals surface area contributed by atoms with Crippen molar-refractivity contribution in [1.29, 1.82) is 0 Å². The number of anilines is 2. The van der Waals surface area contributed by atoms with Gasteiger partial charge in [0, 0.05) is 10.7 Å². The molecule has 0 atom stereocenters. The molecule has 4 aromatic rings. The van der Waals surface area contributed by atoms with E-state index < -0.39 is 23.8 Å². The Morgan fingerprint density at radius 3 is 2.40 bits per heavy atom. The van der Waals surface area contributed by atoms with Crippen LogP contribution in [0.25, 0.3) is 6.08 Å². The van der Waals surface area contributed by atoms with Crippen LogP contribution in [0.4, 0.5) is 16.2 Å². The number of carbonyl (C=O) groups is 4. The topological polar surface area (TPSA) is 123 Å². The van der Waals surface area contributed by atoms with Crippen LogP contribution in [0.1, 0.15) is 23.6 Å². The fourth-order valence-corrected chi connectivity index (χ4v) is 5.33. The van der Waals surface area contributed by atoms with Gasteiger partial charge in [-0.25, -0.2) is 9.69 Å². The van der Waals surface area contributed by atoms with E-state index in [4.69, 9.17) is 25.8 Å². The lowest BCUT2D eigenvalue weighted by Gasteiger charge is -2.26. The quantitative estimate of drug-likeness (QED) is 0.126. The fraction of sp³-hybridized carbons (Fsp3) is 0.143. The first-order chi connectivity index (χ1) is 22.6. The predicted octanol–water partition coefficient (Wildman–Crippen LogP) is 7.07. The maximum absolute atomic E-state index is 13.5. The number of benzene rings is 4. The van der Waals surface area contributed by atoms with Crippen molar-refractivity contribution in [2.45, 2.75) is 20.5 Å². The van der Waals surface area contributed by atoms with Crippen LogP contribution in [0.5, 0.6) is 17.2 Å². The molecular formula is C35H29BrClN3O7. The van der Waals surface area contributed by atoms with Gasteiger partial charge in [0.15, 0.2) is 18.1 Å². The summed E-state index contributed by atoms with van der Waals surface area (Å²) in [6.07, 6.45) is 1.35. The number of urea groups is 1. The van der Waals surface area contributed by atoms with Gasteiger partial charge in [0.05, 0.1) is 16.8 Å². The van der Waals surface area contributed by atoms with E-state index in [0.717, 1.165) is 16.0 Å². The Balaban J connectivity index is 1.32. The molecule has 5 amide bonds. The Morgan fingerprint density at radius 1 is 0.957 bits per heavy atom. The standard InChI is InChI=1S/C35H29BrClN3O7/c1-3-45-30-17-23(16-28(36)32(30)47-20-31(41)38-24-10-9-21(2)29(37)18-24)15-27-33(42)39-35(44)40(34(27)43)25-11-13-26(14-12-25)46-19-22-7-5-4-6-8-22/h4-18H,3,19-20H2,1-2H3,(H,38,41)(H,39,42,44)/b27-15-. The van der Waals surface area contributed by atoms with Gasteiger partial charge < -0.3 is 19.5 Å². The summed E-state index contributed by atoms with van der Waals surface area (Å²) < 4.78 is 17.7. The normalized spacial score (nSPS) is 13.7. The summed E-state index contributed by atoms with van der Waals surface area (Å²) in [5, 5.41) is 5.47. The number of aryl methyl sites for hydroxylation is 1. The summed E-state index contributed by atoms with van der Waals surface area (Å²) in [6, 6.07) is 23.5. The molecule has 0 bridgehead atoms. The molecule has 1 aliphatic rings. The lowest BCUT2D eigenvalue weighted by atomic mass is 10.1. The monoisotopic (exact) mass is 717 g/mol. The molecule has 0 unspecified atom stereocenters. The van der Waals surface area contributed by atoms with Gasteiger partial charge in [-0.2, -0.15) is 0 Å². The average molecular weight is 719 g/mol. The third-order valence-corrected chi connectivity index (χ3v) is 7.89. The molecule has 5 rings (SSSR count). The number of nitrogens with one attached hydrogen (secondary N) is 2. The minimum Gasteiger partial charge on any atom is -0.490 e. The van der Waals surface area contributed by atoms with E-state index in [9.17, 15) is 19.2 Å². The molecular weight excluding hydrogens is 690 g/mol. The molecule has 47 heavy (non-hydrogen) atoms. The summed E-state index contributed by atoms with van der Waals surface area (Å²) in [7, 11) is 0. The van der Waals surface area contributed by atoms with Crippen LogP contribution in [0.15, 0.2) is 95.0 Å². The van der Waals surface area contributed by atoms with Crippen LogP contribution >= 0.6 is 27.5 Å². The summed E-state index contributed by atoms with van der Waals surface area (Å²) in [6.45, 7) is 3.92. The summed E-state index contributed by atoms with van der Waals surface area (Å²) in [4.78, 5) is 52.5. The highest BCUT2D eigenvalue weighted by Gasteiger charge is 2.37.